The van der Waals surface area contributed by atoms with Gasteiger partial charge in [-0.1, -0.05) is 73.5 Å². The second kappa shape index (κ2) is 7.31. The first-order chi connectivity index (χ1) is 11.7. The maximum atomic E-state index is 10.5. The monoisotopic (exact) mass is 317 g/mol. The molecule has 0 saturated carbocycles. The summed E-state index contributed by atoms with van der Waals surface area (Å²) in [7, 11) is 0. The molecule has 1 N–H and O–H groups in total. The number of phenols is 1. The largest absolute Gasteiger partial charge is 0.508 e. The van der Waals surface area contributed by atoms with Crippen molar-refractivity contribution in [3.63, 3.8) is 0 Å². The second-order valence-corrected chi connectivity index (χ2v) is 6.21. The third kappa shape index (κ3) is 3.48. The summed E-state index contributed by atoms with van der Waals surface area (Å²) in [5.41, 5.74) is 3.25. The average Bonchev–Trinajstić information content (AvgIpc) is 2.60. The summed E-state index contributed by atoms with van der Waals surface area (Å²) in [5, 5.41) is 12.7. The van der Waals surface area contributed by atoms with Crippen LogP contribution in [0.15, 0.2) is 65.7 Å². The molecule has 2 heteroatoms. The molecule has 1 atom stereocenters. The van der Waals surface area contributed by atoms with Crippen LogP contribution in [0.4, 0.5) is 0 Å². The molecule has 0 aliphatic rings. The first-order valence-corrected chi connectivity index (χ1v) is 8.49. The van der Waals surface area contributed by atoms with E-state index in [0.717, 1.165) is 34.7 Å². The van der Waals surface area contributed by atoms with Gasteiger partial charge < -0.3 is 5.11 Å². The summed E-state index contributed by atoms with van der Waals surface area (Å²) in [4.78, 5) is 4.81. The maximum absolute atomic E-state index is 10.5. The molecule has 3 rings (SSSR count). The molecular weight excluding hydrogens is 294 g/mol. The van der Waals surface area contributed by atoms with Crippen LogP contribution in [0.2, 0.25) is 0 Å². The van der Waals surface area contributed by atoms with Gasteiger partial charge in [0.1, 0.15) is 5.75 Å². The third-order valence-corrected chi connectivity index (χ3v) is 4.32. The van der Waals surface area contributed by atoms with Gasteiger partial charge in [-0.3, -0.25) is 4.99 Å². The molecule has 0 radical (unpaired) electrons. The highest BCUT2D eigenvalue weighted by Crippen LogP contribution is 2.36. The predicted octanol–water partition coefficient (Wildman–Crippen LogP) is 5.81. The zero-order chi connectivity index (χ0) is 16.9. The van der Waals surface area contributed by atoms with Gasteiger partial charge >= 0.3 is 0 Å². The van der Waals surface area contributed by atoms with Gasteiger partial charge in [-0.2, -0.15) is 0 Å². The van der Waals surface area contributed by atoms with Crippen molar-refractivity contribution >= 4 is 17.0 Å². The van der Waals surface area contributed by atoms with Crippen molar-refractivity contribution < 1.29 is 5.11 Å². The van der Waals surface area contributed by atoms with E-state index in [9.17, 15) is 5.11 Å². The number of rotatable bonds is 5. The summed E-state index contributed by atoms with van der Waals surface area (Å²) >= 11 is 0. The summed E-state index contributed by atoms with van der Waals surface area (Å²) < 4.78 is 0. The lowest BCUT2D eigenvalue weighted by molar-refractivity contribution is 0.460. The summed E-state index contributed by atoms with van der Waals surface area (Å²) in [6.45, 7) is 4.23. The highest BCUT2D eigenvalue weighted by molar-refractivity contribution is 5.88. The quantitative estimate of drug-likeness (QED) is 0.591. The van der Waals surface area contributed by atoms with Crippen molar-refractivity contribution in [2.75, 3.05) is 0 Å². The summed E-state index contributed by atoms with van der Waals surface area (Å²) in [5.74, 6) is 0.327. The van der Waals surface area contributed by atoms with Crippen molar-refractivity contribution in [3.05, 3.63) is 77.4 Å². The Hall–Kier alpha value is -2.61. The topological polar surface area (TPSA) is 32.6 Å². The molecular formula is C22H23NO. The van der Waals surface area contributed by atoms with E-state index in [4.69, 9.17) is 4.99 Å². The fourth-order valence-corrected chi connectivity index (χ4v) is 3.03. The van der Waals surface area contributed by atoms with E-state index in [1.165, 1.54) is 5.56 Å². The molecule has 0 spiro atoms. The van der Waals surface area contributed by atoms with Gasteiger partial charge in [0, 0.05) is 11.8 Å². The molecule has 0 aliphatic heterocycles. The number of aliphatic imine (C=N–C) groups is 1. The molecule has 0 aromatic heterocycles. The van der Waals surface area contributed by atoms with E-state index in [1.54, 1.807) is 6.07 Å². The van der Waals surface area contributed by atoms with Gasteiger partial charge in [0.2, 0.25) is 0 Å². The van der Waals surface area contributed by atoms with Gasteiger partial charge in [-0.25, -0.2) is 0 Å². The minimum absolute atomic E-state index is 0.0394. The van der Waals surface area contributed by atoms with E-state index in [2.05, 4.69) is 50.2 Å². The minimum atomic E-state index is -0.0394. The van der Waals surface area contributed by atoms with Crippen LogP contribution >= 0.6 is 0 Å². The first kappa shape index (κ1) is 16.3. The summed E-state index contributed by atoms with van der Waals surface area (Å²) in [6, 6.07) is 20.2. The van der Waals surface area contributed by atoms with E-state index >= 15 is 0 Å². The highest BCUT2D eigenvalue weighted by Gasteiger charge is 2.16. The second-order valence-electron chi connectivity index (χ2n) is 6.21. The smallest absolute Gasteiger partial charge is 0.121 e. The van der Waals surface area contributed by atoms with Crippen molar-refractivity contribution in [2.45, 2.75) is 32.7 Å². The number of hydrogen-bond donors (Lipinski definition) is 1. The van der Waals surface area contributed by atoms with Crippen molar-refractivity contribution in [2.24, 2.45) is 4.99 Å². The molecule has 1 unspecified atom stereocenters. The van der Waals surface area contributed by atoms with Gasteiger partial charge in [0.15, 0.2) is 0 Å². The molecule has 122 valence electrons. The molecule has 2 nitrogen and oxygen atoms in total. The Morgan fingerprint density at radius 2 is 1.75 bits per heavy atom. The Labute approximate surface area is 143 Å². The maximum Gasteiger partial charge on any atom is 0.121 e. The fourth-order valence-electron chi connectivity index (χ4n) is 3.03. The Bertz CT molecular complexity index is 849. The van der Waals surface area contributed by atoms with E-state index < -0.39 is 0 Å². The molecule has 0 amide bonds. The van der Waals surface area contributed by atoms with Crippen molar-refractivity contribution in [3.8, 4) is 5.75 Å². The number of benzene rings is 3. The van der Waals surface area contributed by atoms with Crippen molar-refractivity contribution in [1.29, 1.82) is 0 Å². The van der Waals surface area contributed by atoms with Gasteiger partial charge in [-0.05, 0) is 35.7 Å². The predicted molar refractivity (Wildman–Crippen MR) is 102 cm³/mol. The zero-order valence-electron chi connectivity index (χ0n) is 14.2. The minimum Gasteiger partial charge on any atom is -0.508 e. The van der Waals surface area contributed by atoms with Gasteiger partial charge in [0.25, 0.3) is 0 Å². The van der Waals surface area contributed by atoms with Crippen LogP contribution in [-0.2, 0) is 0 Å². The average molecular weight is 317 g/mol. The lowest BCUT2D eigenvalue weighted by atomic mass is 9.95. The molecule has 0 aliphatic carbocycles. The molecule has 3 aromatic rings. The standard InChI is InChI=1S/C22H23NO/c1-3-6-20(23-15-17-11-9-16(2)10-12-17)22-19-8-5-4-7-18(19)13-14-21(22)24/h4-5,7-15,20,24H,3,6H2,1-2H3. The number of fused-ring (bicyclic) bond motifs is 1. The van der Waals surface area contributed by atoms with Crippen molar-refractivity contribution in [1.82, 2.24) is 0 Å². The molecule has 0 saturated heterocycles. The number of hydrogen-bond acceptors (Lipinski definition) is 2. The van der Waals surface area contributed by atoms with Crippen LogP contribution in [0.1, 0.15) is 42.5 Å². The Kier molecular flexibility index (Phi) is 4.95. The Balaban J connectivity index is 2.02. The molecule has 0 heterocycles. The highest BCUT2D eigenvalue weighted by atomic mass is 16.3. The third-order valence-electron chi connectivity index (χ3n) is 4.32. The molecule has 3 aromatic carbocycles. The van der Waals surface area contributed by atoms with Crippen LogP contribution in [0.25, 0.3) is 10.8 Å². The lowest BCUT2D eigenvalue weighted by Gasteiger charge is -2.16. The Morgan fingerprint density at radius 3 is 2.50 bits per heavy atom. The van der Waals surface area contributed by atoms with Crippen LogP contribution in [0.5, 0.6) is 5.75 Å². The van der Waals surface area contributed by atoms with Crippen LogP contribution in [0.3, 0.4) is 0 Å². The Morgan fingerprint density at radius 1 is 1.00 bits per heavy atom. The number of aromatic hydroxyl groups is 1. The zero-order valence-corrected chi connectivity index (χ0v) is 14.2. The van der Waals surface area contributed by atoms with E-state index in [1.807, 2.05) is 24.4 Å². The molecule has 0 bridgehead atoms. The van der Waals surface area contributed by atoms with Crippen LogP contribution < -0.4 is 0 Å². The van der Waals surface area contributed by atoms with Crippen LogP contribution in [0, 0.1) is 6.92 Å². The van der Waals surface area contributed by atoms with E-state index in [0.29, 0.717) is 5.75 Å². The van der Waals surface area contributed by atoms with E-state index in [-0.39, 0.29) is 6.04 Å². The SMILES string of the molecule is CCCC(N=Cc1ccc(C)cc1)c1c(O)ccc2ccccc12. The fraction of sp³-hybridized carbons (Fsp3) is 0.227. The number of aryl methyl sites for hydroxylation is 1. The summed E-state index contributed by atoms with van der Waals surface area (Å²) in [6.07, 6.45) is 3.84. The number of phenolic OH excluding ortho intramolecular Hbond substituents is 1. The number of nitrogens with zero attached hydrogens (tertiary/aromatic N) is 1. The van der Waals surface area contributed by atoms with Gasteiger partial charge in [-0.15, -0.1) is 0 Å². The van der Waals surface area contributed by atoms with Crippen LogP contribution in [-0.4, -0.2) is 11.3 Å². The van der Waals surface area contributed by atoms with Gasteiger partial charge in [0.05, 0.1) is 6.04 Å². The molecule has 24 heavy (non-hydrogen) atoms. The normalized spacial score (nSPS) is 12.8. The lowest BCUT2D eigenvalue weighted by Crippen LogP contribution is -1.99. The first-order valence-electron chi connectivity index (χ1n) is 8.49. The molecule has 0 fully saturated rings.